The second-order valence-electron chi connectivity index (χ2n) is 4.89. The van der Waals surface area contributed by atoms with Gasteiger partial charge < -0.3 is 15.6 Å². The molecule has 0 radical (unpaired) electrons. The van der Waals surface area contributed by atoms with Crippen LogP contribution >= 0.6 is 0 Å². The van der Waals surface area contributed by atoms with Gasteiger partial charge >= 0.3 is 0 Å². The smallest absolute Gasteiger partial charge is 0.260 e. The molecule has 1 aromatic heterocycles. The maximum Gasteiger partial charge on any atom is 0.260 e. The number of H-pyrrole nitrogens is 1. The molecule has 21 heavy (non-hydrogen) atoms. The summed E-state index contributed by atoms with van der Waals surface area (Å²) >= 11 is 0. The van der Waals surface area contributed by atoms with Gasteiger partial charge in [0.1, 0.15) is 5.56 Å². The lowest BCUT2D eigenvalue weighted by Gasteiger charge is -2.22. The van der Waals surface area contributed by atoms with E-state index in [1.165, 1.54) is 0 Å². The number of hydrogen-bond donors (Lipinski definition) is 2. The van der Waals surface area contributed by atoms with Gasteiger partial charge in [0.05, 0.1) is 0 Å². The highest BCUT2D eigenvalue weighted by atomic mass is 16.2. The molecule has 0 saturated carbocycles. The molecule has 3 N–H and O–H groups in total. The zero-order valence-electron chi connectivity index (χ0n) is 12.0. The van der Waals surface area contributed by atoms with Crippen molar-refractivity contribution in [3.05, 3.63) is 69.6 Å². The number of carbonyl (C=O) groups excluding carboxylic acids is 1. The van der Waals surface area contributed by atoms with Crippen LogP contribution in [0, 0.1) is 6.92 Å². The highest BCUT2D eigenvalue weighted by Gasteiger charge is 2.18. The number of aromatic amines is 1. The van der Waals surface area contributed by atoms with E-state index in [-0.39, 0.29) is 17.0 Å². The van der Waals surface area contributed by atoms with Crippen molar-refractivity contribution in [2.75, 3.05) is 13.1 Å². The molecule has 0 spiro atoms. The zero-order chi connectivity index (χ0) is 15.2. The summed E-state index contributed by atoms with van der Waals surface area (Å²) in [6.07, 6.45) is 0. The average Bonchev–Trinajstić information content (AvgIpc) is 2.47. The van der Waals surface area contributed by atoms with Crippen LogP contribution in [0.3, 0.4) is 0 Å². The Kier molecular flexibility index (Phi) is 4.90. The second kappa shape index (κ2) is 6.85. The van der Waals surface area contributed by atoms with Crippen LogP contribution < -0.4 is 11.3 Å². The number of aryl methyl sites for hydroxylation is 1. The quantitative estimate of drug-likeness (QED) is 0.868. The van der Waals surface area contributed by atoms with Gasteiger partial charge in [0.15, 0.2) is 0 Å². The highest BCUT2D eigenvalue weighted by molar-refractivity contribution is 5.93. The fourth-order valence-electron chi connectivity index (χ4n) is 2.12. The van der Waals surface area contributed by atoms with Crippen LogP contribution in [-0.4, -0.2) is 28.9 Å². The van der Waals surface area contributed by atoms with Crippen LogP contribution in [0.1, 0.15) is 21.6 Å². The van der Waals surface area contributed by atoms with Crippen molar-refractivity contribution in [1.29, 1.82) is 0 Å². The summed E-state index contributed by atoms with van der Waals surface area (Å²) in [5.74, 6) is -0.300. The molecule has 0 aliphatic heterocycles. The Balaban J connectivity index is 2.25. The van der Waals surface area contributed by atoms with E-state index < -0.39 is 0 Å². The van der Waals surface area contributed by atoms with Crippen LogP contribution in [-0.2, 0) is 6.54 Å². The molecule has 0 aliphatic rings. The number of benzene rings is 1. The van der Waals surface area contributed by atoms with E-state index in [0.717, 1.165) is 11.3 Å². The molecule has 0 unspecified atom stereocenters. The Hall–Kier alpha value is -2.40. The minimum Gasteiger partial charge on any atom is -0.333 e. The lowest BCUT2D eigenvalue weighted by molar-refractivity contribution is 0.0746. The fraction of sp³-hybridized carbons (Fsp3) is 0.250. The van der Waals surface area contributed by atoms with Gasteiger partial charge in [0.25, 0.3) is 11.5 Å². The van der Waals surface area contributed by atoms with Crippen molar-refractivity contribution in [2.45, 2.75) is 13.5 Å². The van der Waals surface area contributed by atoms with Gasteiger partial charge in [-0.15, -0.1) is 0 Å². The number of hydrogen-bond acceptors (Lipinski definition) is 3. The van der Waals surface area contributed by atoms with Gasteiger partial charge in [-0.1, -0.05) is 30.3 Å². The predicted molar refractivity (Wildman–Crippen MR) is 82.0 cm³/mol. The summed E-state index contributed by atoms with van der Waals surface area (Å²) in [5, 5.41) is 0. The second-order valence-corrected chi connectivity index (χ2v) is 4.89. The van der Waals surface area contributed by atoms with E-state index in [4.69, 9.17) is 5.73 Å². The number of nitrogens with one attached hydrogen (secondary N) is 1. The van der Waals surface area contributed by atoms with Crippen LogP contribution in [0.5, 0.6) is 0 Å². The predicted octanol–water partition coefficient (Wildman–Crippen LogP) is 1.28. The number of nitrogens with two attached hydrogens (primary N) is 1. The maximum absolute atomic E-state index is 12.5. The molecule has 0 aliphatic carbocycles. The summed E-state index contributed by atoms with van der Waals surface area (Å²) < 4.78 is 0. The molecular weight excluding hydrogens is 266 g/mol. The molecule has 5 heteroatoms. The summed E-state index contributed by atoms with van der Waals surface area (Å²) in [6.45, 7) is 2.96. The summed E-state index contributed by atoms with van der Waals surface area (Å²) in [4.78, 5) is 28.7. The van der Waals surface area contributed by atoms with E-state index >= 15 is 0 Å². The number of carbonyl (C=O) groups is 1. The minimum absolute atomic E-state index is 0.144. The molecule has 0 atom stereocenters. The highest BCUT2D eigenvalue weighted by Crippen LogP contribution is 2.07. The van der Waals surface area contributed by atoms with Crippen LogP contribution in [0.15, 0.2) is 47.3 Å². The van der Waals surface area contributed by atoms with Crippen LogP contribution in [0.2, 0.25) is 0 Å². The topological polar surface area (TPSA) is 79.2 Å². The van der Waals surface area contributed by atoms with Crippen molar-refractivity contribution in [1.82, 2.24) is 9.88 Å². The normalized spacial score (nSPS) is 10.4. The standard InChI is InChI=1S/C16H19N3O2/c1-12-7-8-14(15(20)18-12)16(21)19(10-9-17)11-13-5-3-2-4-6-13/h2-8H,9-11,17H2,1H3,(H,18,20). The Labute approximate surface area is 123 Å². The molecule has 1 aromatic carbocycles. The number of nitrogens with zero attached hydrogens (tertiary/aromatic N) is 1. The molecular formula is C16H19N3O2. The molecule has 2 rings (SSSR count). The van der Waals surface area contributed by atoms with Gasteiger partial charge in [-0.25, -0.2) is 0 Å². The first-order chi connectivity index (χ1) is 10.1. The lowest BCUT2D eigenvalue weighted by atomic mass is 10.1. The Morgan fingerprint density at radius 3 is 2.52 bits per heavy atom. The van der Waals surface area contributed by atoms with E-state index in [2.05, 4.69) is 4.98 Å². The minimum atomic E-state index is -0.366. The fourth-order valence-corrected chi connectivity index (χ4v) is 2.12. The van der Waals surface area contributed by atoms with E-state index in [0.29, 0.717) is 19.6 Å². The number of amides is 1. The third-order valence-electron chi connectivity index (χ3n) is 3.19. The Morgan fingerprint density at radius 2 is 1.90 bits per heavy atom. The van der Waals surface area contributed by atoms with E-state index in [1.54, 1.807) is 24.0 Å². The van der Waals surface area contributed by atoms with Crippen molar-refractivity contribution in [3.63, 3.8) is 0 Å². The number of rotatable bonds is 5. The van der Waals surface area contributed by atoms with E-state index in [1.807, 2.05) is 30.3 Å². The monoisotopic (exact) mass is 285 g/mol. The van der Waals surface area contributed by atoms with Gasteiger partial charge in [-0.2, -0.15) is 0 Å². The van der Waals surface area contributed by atoms with Crippen molar-refractivity contribution >= 4 is 5.91 Å². The Bertz CT molecular complexity index is 665. The summed E-state index contributed by atoms with van der Waals surface area (Å²) in [5.41, 5.74) is 7.09. The number of pyridine rings is 1. The van der Waals surface area contributed by atoms with Crippen LogP contribution in [0.4, 0.5) is 0 Å². The van der Waals surface area contributed by atoms with Gasteiger partial charge in [0.2, 0.25) is 0 Å². The molecule has 0 saturated heterocycles. The molecule has 0 bridgehead atoms. The average molecular weight is 285 g/mol. The van der Waals surface area contributed by atoms with Crippen molar-refractivity contribution in [3.8, 4) is 0 Å². The molecule has 2 aromatic rings. The van der Waals surface area contributed by atoms with Gasteiger partial charge in [-0.3, -0.25) is 9.59 Å². The molecule has 110 valence electrons. The molecule has 0 fully saturated rings. The van der Waals surface area contributed by atoms with Gasteiger partial charge in [0, 0.05) is 25.3 Å². The van der Waals surface area contributed by atoms with E-state index in [9.17, 15) is 9.59 Å². The van der Waals surface area contributed by atoms with Gasteiger partial charge in [-0.05, 0) is 24.6 Å². The first-order valence-electron chi connectivity index (χ1n) is 6.85. The third-order valence-corrected chi connectivity index (χ3v) is 3.19. The number of aromatic nitrogens is 1. The molecule has 5 nitrogen and oxygen atoms in total. The first kappa shape index (κ1) is 15.0. The molecule has 1 amide bonds. The SMILES string of the molecule is Cc1ccc(C(=O)N(CCN)Cc2ccccc2)c(=O)[nH]1. The third kappa shape index (κ3) is 3.79. The van der Waals surface area contributed by atoms with Crippen molar-refractivity contribution in [2.24, 2.45) is 5.73 Å². The Morgan fingerprint density at radius 1 is 1.19 bits per heavy atom. The maximum atomic E-state index is 12.5. The summed E-state index contributed by atoms with van der Waals surface area (Å²) in [6, 6.07) is 12.9. The van der Waals surface area contributed by atoms with Crippen LogP contribution in [0.25, 0.3) is 0 Å². The zero-order valence-corrected chi connectivity index (χ0v) is 12.0. The summed E-state index contributed by atoms with van der Waals surface area (Å²) in [7, 11) is 0. The molecule has 1 heterocycles. The first-order valence-corrected chi connectivity index (χ1v) is 6.85. The largest absolute Gasteiger partial charge is 0.333 e. The van der Waals surface area contributed by atoms with Crippen molar-refractivity contribution < 1.29 is 4.79 Å². The lowest BCUT2D eigenvalue weighted by Crippen LogP contribution is -2.37.